The fraction of sp³-hybridized carbons (Fsp3) is 0.0652. The van der Waals surface area contributed by atoms with Crippen molar-refractivity contribution < 1.29 is 13.2 Å². The molecule has 17 rings (SSSR count). The van der Waals surface area contributed by atoms with Gasteiger partial charge in [-0.05, 0) is 217 Å². The second kappa shape index (κ2) is 27.3. The fourth-order valence-corrected chi connectivity index (χ4v) is 15.2. The van der Waals surface area contributed by atoms with E-state index >= 15 is 13.2 Å². The molecule has 0 saturated carbocycles. The molecule has 0 fully saturated rings. The highest BCUT2D eigenvalue weighted by molar-refractivity contribution is 9.10. The van der Waals surface area contributed by atoms with E-state index in [0.29, 0.717) is 22.2 Å². The average Bonchev–Trinajstić information content (AvgIpc) is 1.53. The minimum absolute atomic E-state index is 0.0295. The second-order valence-corrected chi connectivity index (χ2v) is 27.8. The molecular formula is C92H67Br2F3N3+. The molecule has 100 heavy (non-hydrogen) atoms. The zero-order valence-corrected chi connectivity index (χ0v) is 58.4. The van der Waals surface area contributed by atoms with Crippen LogP contribution < -0.4 is 15.1 Å². The van der Waals surface area contributed by atoms with Gasteiger partial charge in [-0.25, -0.2) is 0 Å². The Morgan fingerprint density at radius 2 is 0.750 bits per heavy atom. The molecule has 0 amide bonds. The lowest BCUT2D eigenvalue weighted by Crippen LogP contribution is -2.39. The fourth-order valence-electron chi connectivity index (χ4n) is 14.5. The summed E-state index contributed by atoms with van der Waals surface area (Å²) in [5.41, 5.74) is 19.0. The van der Waals surface area contributed by atoms with Crippen molar-refractivity contribution in [3.8, 4) is 44.5 Å². The molecule has 0 aromatic heterocycles. The maximum atomic E-state index is 16.0. The van der Waals surface area contributed by atoms with E-state index in [2.05, 4.69) is 195 Å². The first-order chi connectivity index (χ1) is 48.7. The predicted octanol–water partition coefficient (Wildman–Crippen LogP) is 27.1. The average molecular weight is 1430 g/mol. The van der Waals surface area contributed by atoms with Crippen molar-refractivity contribution in [1.82, 2.24) is 0 Å². The highest BCUT2D eigenvalue weighted by Gasteiger charge is 2.59. The number of alkyl halides is 3. The third-order valence-electron chi connectivity index (χ3n) is 19.4. The Labute approximate surface area is 599 Å². The number of para-hydroxylation sites is 3. The minimum Gasteiger partial charge on any atom is -0.326 e. The highest BCUT2D eigenvalue weighted by atomic mass is 79.9. The normalized spacial score (nSPS) is 14.3. The molecule has 1 atom stereocenters. The summed E-state index contributed by atoms with van der Waals surface area (Å²) in [4.78, 5) is 4.18. The van der Waals surface area contributed by atoms with Crippen molar-refractivity contribution in [3.63, 3.8) is 0 Å². The van der Waals surface area contributed by atoms with Crippen LogP contribution >= 0.6 is 31.9 Å². The number of nitrogens with zero attached hydrogens (tertiary/aromatic N) is 2. The van der Waals surface area contributed by atoms with Crippen molar-refractivity contribution >= 4 is 98.8 Å². The van der Waals surface area contributed by atoms with Crippen LogP contribution in [-0.2, 0) is 10.8 Å². The smallest absolute Gasteiger partial charge is 0.326 e. The quantitative estimate of drug-likeness (QED) is 0.130. The van der Waals surface area contributed by atoms with Gasteiger partial charge in [-0.1, -0.05) is 252 Å². The molecular weight excluding hydrogens is 1360 g/mol. The SMILES string of the molecule is CC1(C(F)(F)F)c2cc(N(c3ccccc3)c3ccc(-c4ccccc4)cc3)ccc2-c2ccc3cc(N(c4ccccc4)c4ccc(-c5ccccc5)cc4)ccc3c21.CC1(C)c2cc(Br)ccc2-c2ccc3cc(Br)ccc3c21.[C+]1=C(Nc2ccccc2)C=CC(c2ccccc2)=C1. The zero-order valence-electron chi connectivity index (χ0n) is 55.2. The Morgan fingerprint density at radius 3 is 1.29 bits per heavy atom. The van der Waals surface area contributed by atoms with Crippen molar-refractivity contribution in [1.29, 1.82) is 0 Å². The van der Waals surface area contributed by atoms with Crippen LogP contribution in [-0.4, -0.2) is 6.18 Å². The van der Waals surface area contributed by atoms with Gasteiger partial charge in [0, 0.05) is 59.7 Å². The zero-order chi connectivity index (χ0) is 68.5. The first kappa shape index (κ1) is 64.9. The molecule has 0 aliphatic heterocycles. The van der Waals surface area contributed by atoms with Crippen molar-refractivity contribution in [2.75, 3.05) is 15.1 Å². The van der Waals surface area contributed by atoms with E-state index in [0.717, 1.165) is 76.4 Å². The Hall–Kier alpha value is -11.1. The van der Waals surface area contributed by atoms with Gasteiger partial charge in [0.2, 0.25) is 5.70 Å². The molecule has 3 aliphatic rings. The molecule has 0 bridgehead atoms. The monoisotopic (exact) mass is 1430 g/mol. The summed E-state index contributed by atoms with van der Waals surface area (Å²) in [7, 11) is 0. The van der Waals surface area contributed by atoms with Crippen molar-refractivity contribution in [3.05, 3.63) is 394 Å². The maximum Gasteiger partial charge on any atom is 0.402 e. The van der Waals surface area contributed by atoms with Crippen LogP contribution in [0.2, 0.25) is 0 Å². The number of nitrogens with one attached hydrogen (secondary N) is 1. The maximum absolute atomic E-state index is 16.0. The summed E-state index contributed by atoms with van der Waals surface area (Å²) < 4.78 is 50.3. The van der Waals surface area contributed by atoms with Gasteiger partial charge in [-0.2, -0.15) is 13.2 Å². The van der Waals surface area contributed by atoms with Gasteiger partial charge in [0.05, 0.1) is 23.8 Å². The number of benzene rings is 14. The first-order valence-corrected chi connectivity index (χ1v) is 35.0. The third-order valence-corrected chi connectivity index (χ3v) is 20.4. The molecule has 0 heterocycles. The molecule has 1 unspecified atom stereocenters. The lowest BCUT2D eigenvalue weighted by atomic mass is 9.77. The molecule has 14 aromatic carbocycles. The number of halogens is 5. The largest absolute Gasteiger partial charge is 0.402 e. The van der Waals surface area contributed by atoms with Crippen LogP contribution in [0.4, 0.5) is 53.0 Å². The lowest BCUT2D eigenvalue weighted by Gasteiger charge is -2.32. The van der Waals surface area contributed by atoms with Gasteiger partial charge in [0.25, 0.3) is 0 Å². The van der Waals surface area contributed by atoms with Gasteiger partial charge in [-0.15, -0.1) is 0 Å². The van der Waals surface area contributed by atoms with E-state index in [4.69, 9.17) is 0 Å². The summed E-state index contributed by atoms with van der Waals surface area (Å²) >= 11 is 7.19. The molecule has 3 aliphatic carbocycles. The number of hydrogen-bond acceptors (Lipinski definition) is 3. The summed E-state index contributed by atoms with van der Waals surface area (Å²) in [5, 5.41) is 7.29. The second-order valence-electron chi connectivity index (χ2n) is 25.9. The van der Waals surface area contributed by atoms with Crippen LogP contribution in [0, 0.1) is 6.08 Å². The summed E-state index contributed by atoms with van der Waals surface area (Å²) in [6.07, 6.45) is 4.85. The van der Waals surface area contributed by atoms with Gasteiger partial charge in [0.1, 0.15) is 11.5 Å². The number of anilines is 7. The van der Waals surface area contributed by atoms with Crippen molar-refractivity contribution in [2.45, 2.75) is 37.8 Å². The number of hydrogen-bond donors (Lipinski definition) is 1. The Morgan fingerprint density at radius 1 is 0.350 bits per heavy atom. The van der Waals surface area contributed by atoms with Gasteiger partial charge in [-0.3, -0.25) is 0 Å². The summed E-state index contributed by atoms with van der Waals surface area (Å²) in [5.74, 6) is 0. The molecule has 484 valence electrons. The first-order valence-electron chi connectivity index (χ1n) is 33.4. The van der Waals surface area contributed by atoms with Crippen LogP contribution in [0.1, 0.15) is 48.6 Å². The number of rotatable bonds is 11. The third kappa shape index (κ3) is 12.6. The van der Waals surface area contributed by atoms with E-state index in [9.17, 15) is 0 Å². The molecule has 14 aromatic rings. The molecule has 0 radical (unpaired) electrons. The van der Waals surface area contributed by atoms with Gasteiger partial charge < -0.3 is 15.1 Å². The van der Waals surface area contributed by atoms with E-state index in [-0.39, 0.29) is 16.5 Å². The van der Waals surface area contributed by atoms with E-state index in [1.807, 2.05) is 211 Å². The van der Waals surface area contributed by atoms with Crippen LogP contribution in [0.25, 0.3) is 71.6 Å². The lowest BCUT2D eigenvalue weighted by molar-refractivity contribution is -0.171. The predicted molar refractivity (Wildman–Crippen MR) is 419 cm³/mol. The van der Waals surface area contributed by atoms with Crippen molar-refractivity contribution in [2.24, 2.45) is 0 Å². The van der Waals surface area contributed by atoms with E-state index < -0.39 is 11.6 Å². The molecule has 3 nitrogen and oxygen atoms in total. The Kier molecular flexibility index (Phi) is 17.7. The molecule has 0 saturated heterocycles. The van der Waals surface area contributed by atoms with E-state index in [1.165, 1.54) is 51.1 Å². The Bertz CT molecular complexity index is 5410. The molecule has 8 heteroatoms. The van der Waals surface area contributed by atoms with Crippen LogP contribution in [0.5, 0.6) is 0 Å². The highest BCUT2D eigenvalue weighted by Crippen LogP contribution is 2.60. The molecule has 1 N–H and O–H groups in total. The standard InChI is InChI=1S/C55H39F3N2.C19H14Br2.C18H14N/c1-54(55(56,57)58)52-37-48(60(44-20-12-5-13-21-44)46-29-24-41(25-30-46)39-16-8-3-9-17-39)32-35-50(52)51-33-26-42-36-47(31-34-49(42)53(51)54)59(43-18-10-4-11-19-43)45-27-22-40(23-28-45)38-14-6-2-7-15-38;1-19(2)17-10-13(21)5-8-15(17)16-6-3-11-9-12(20)4-7-14(11)18(16)19;1-3-7-15(8-4-1)16-11-13-18(14-12-16)19-17-9-5-2-6-10-17/h2-37H,1H3;3-10H,1-2H3;1-13,19H/q;;+1. The van der Waals surface area contributed by atoms with E-state index in [1.54, 1.807) is 6.07 Å². The van der Waals surface area contributed by atoms with Crippen LogP contribution in [0.3, 0.4) is 0 Å². The van der Waals surface area contributed by atoms with Gasteiger partial charge in [0.15, 0.2) is 0 Å². The van der Waals surface area contributed by atoms with Gasteiger partial charge >= 0.3 is 6.18 Å². The minimum atomic E-state index is -4.59. The Balaban J connectivity index is 0.000000163. The van der Waals surface area contributed by atoms with Crippen LogP contribution in [0.15, 0.2) is 360 Å². The summed E-state index contributed by atoms with van der Waals surface area (Å²) in [6.45, 7) is 6.00. The number of allylic oxidation sites excluding steroid dienone is 5. The topological polar surface area (TPSA) is 18.5 Å². The summed E-state index contributed by atoms with van der Waals surface area (Å²) in [6, 6.07) is 110. The molecule has 0 spiro atoms. The number of fused-ring (bicyclic) bond motifs is 10.